The number of nitrogens with one attached hydrogen (secondary N) is 1. The quantitative estimate of drug-likeness (QED) is 0.848. The van der Waals surface area contributed by atoms with E-state index in [-0.39, 0.29) is 18.5 Å². The van der Waals surface area contributed by atoms with E-state index in [9.17, 15) is 9.59 Å². The molecule has 2 fully saturated rings. The van der Waals surface area contributed by atoms with Crippen molar-refractivity contribution in [2.45, 2.75) is 37.8 Å². The van der Waals surface area contributed by atoms with Crippen LogP contribution in [0.5, 0.6) is 5.88 Å². The average Bonchev–Trinajstić information content (AvgIpc) is 3.01. The standard InChI is InChI=1S/C14H17N3O3/c1-20-11-5-4-10(8-15-11)9-17-12(18)14(16-13(17)19)6-2-3-7-14/h4-5,8H,2-3,6-7,9H2,1H3,(H,16,19). The summed E-state index contributed by atoms with van der Waals surface area (Å²) in [5.41, 5.74) is 0.168. The predicted octanol–water partition coefficient (Wildman–Crippen LogP) is 1.45. The number of amides is 3. The highest BCUT2D eigenvalue weighted by molar-refractivity contribution is 6.07. The van der Waals surface area contributed by atoms with Crippen LogP contribution in [0.25, 0.3) is 0 Å². The lowest BCUT2D eigenvalue weighted by Crippen LogP contribution is -2.44. The number of carbonyl (C=O) groups is 2. The van der Waals surface area contributed by atoms with Gasteiger partial charge >= 0.3 is 6.03 Å². The average molecular weight is 275 g/mol. The fraction of sp³-hybridized carbons (Fsp3) is 0.500. The van der Waals surface area contributed by atoms with Crippen molar-refractivity contribution in [3.63, 3.8) is 0 Å². The summed E-state index contributed by atoms with van der Waals surface area (Å²) in [6, 6.07) is 3.23. The molecule has 1 aliphatic heterocycles. The lowest BCUT2D eigenvalue weighted by atomic mass is 9.98. The minimum absolute atomic E-state index is 0.101. The van der Waals surface area contributed by atoms with Crippen LogP contribution in [0.4, 0.5) is 4.79 Å². The van der Waals surface area contributed by atoms with Gasteiger partial charge in [0.1, 0.15) is 5.54 Å². The molecule has 1 spiro atoms. The van der Waals surface area contributed by atoms with Crippen molar-refractivity contribution < 1.29 is 14.3 Å². The smallest absolute Gasteiger partial charge is 0.325 e. The van der Waals surface area contributed by atoms with Crippen molar-refractivity contribution in [3.05, 3.63) is 23.9 Å². The number of ether oxygens (including phenoxy) is 1. The Morgan fingerprint density at radius 3 is 2.70 bits per heavy atom. The Kier molecular flexibility index (Phi) is 3.08. The maximum atomic E-state index is 12.5. The van der Waals surface area contributed by atoms with E-state index in [2.05, 4.69) is 10.3 Å². The number of hydrogen-bond acceptors (Lipinski definition) is 4. The van der Waals surface area contributed by atoms with Crippen LogP contribution in [-0.4, -0.2) is 34.5 Å². The molecule has 20 heavy (non-hydrogen) atoms. The molecule has 1 saturated carbocycles. The third kappa shape index (κ3) is 2.01. The van der Waals surface area contributed by atoms with Crippen LogP contribution < -0.4 is 10.1 Å². The minimum Gasteiger partial charge on any atom is -0.481 e. The van der Waals surface area contributed by atoms with Crippen molar-refractivity contribution in [2.75, 3.05) is 7.11 Å². The van der Waals surface area contributed by atoms with Gasteiger partial charge in [-0.15, -0.1) is 0 Å². The number of methoxy groups -OCH3 is 1. The molecule has 0 unspecified atom stereocenters. The van der Waals surface area contributed by atoms with Crippen LogP contribution in [0.3, 0.4) is 0 Å². The molecule has 3 amide bonds. The van der Waals surface area contributed by atoms with Gasteiger partial charge in [0.25, 0.3) is 5.91 Å². The number of urea groups is 1. The van der Waals surface area contributed by atoms with Crippen LogP contribution in [0, 0.1) is 0 Å². The molecule has 3 rings (SSSR count). The van der Waals surface area contributed by atoms with Gasteiger partial charge in [-0.25, -0.2) is 9.78 Å². The summed E-state index contributed by atoms with van der Waals surface area (Å²) >= 11 is 0. The van der Waals surface area contributed by atoms with Crippen LogP contribution >= 0.6 is 0 Å². The van der Waals surface area contributed by atoms with Crippen LogP contribution in [0.2, 0.25) is 0 Å². The topological polar surface area (TPSA) is 71.5 Å². The van der Waals surface area contributed by atoms with E-state index in [4.69, 9.17) is 4.74 Å². The summed E-state index contributed by atoms with van der Waals surface area (Å²) in [5, 5.41) is 2.86. The molecule has 2 aliphatic rings. The molecule has 2 heterocycles. The molecule has 1 saturated heterocycles. The summed E-state index contributed by atoms with van der Waals surface area (Å²) in [7, 11) is 1.54. The fourth-order valence-electron chi connectivity index (χ4n) is 2.95. The maximum Gasteiger partial charge on any atom is 0.325 e. The number of aromatic nitrogens is 1. The van der Waals surface area contributed by atoms with Crippen LogP contribution in [0.15, 0.2) is 18.3 Å². The van der Waals surface area contributed by atoms with Gasteiger partial charge in [0.2, 0.25) is 5.88 Å². The van der Waals surface area contributed by atoms with Gasteiger partial charge in [-0.05, 0) is 18.4 Å². The second-order valence-corrected chi connectivity index (χ2v) is 5.32. The zero-order valence-corrected chi connectivity index (χ0v) is 11.4. The van der Waals surface area contributed by atoms with Gasteiger partial charge in [0.15, 0.2) is 0 Å². The van der Waals surface area contributed by atoms with Crippen molar-refractivity contribution in [1.82, 2.24) is 15.2 Å². The van der Waals surface area contributed by atoms with Crippen molar-refractivity contribution in [3.8, 4) is 5.88 Å². The molecule has 0 aromatic carbocycles. The number of carbonyl (C=O) groups excluding carboxylic acids is 2. The molecular weight excluding hydrogens is 258 g/mol. The zero-order chi connectivity index (χ0) is 14.2. The van der Waals surface area contributed by atoms with Gasteiger partial charge in [-0.3, -0.25) is 9.69 Å². The van der Waals surface area contributed by atoms with Crippen molar-refractivity contribution in [1.29, 1.82) is 0 Å². The van der Waals surface area contributed by atoms with Crippen molar-refractivity contribution >= 4 is 11.9 Å². The molecule has 0 bridgehead atoms. The summed E-state index contributed by atoms with van der Waals surface area (Å²) in [6.45, 7) is 0.253. The van der Waals surface area contributed by atoms with Gasteiger partial charge in [-0.1, -0.05) is 18.9 Å². The Labute approximate surface area is 117 Å². The maximum absolute atomic E-state index is 12.5. The fourth-order valence-corrected chi connectivity index (χ4v) is 2.95. The number of imide groups is 1. The van der Waals surface area contributed by atoms with E-state index in [1.165, 1.54) is 4.90 Å². The highest BCUT2D eigenvalue weighted by atomic mass is 16.5. The van der Waals surface area contributed by atoms with Crippen LogP contribution in [0.1, 0.15) is 31.2 Å². The largest absolute Gasteiger partial charge is 0.481 e. The van der Waals surface area contributed by atoms with E-state index >= 15 is 0 Å². The Morgan fingerprint density at radius 2 is 2.10 bits per heavy atom. The van der Waals surface area contributed by atoms with E-state index in [1.54, 1.807) is 19.4 Å². The number of pyridine rings is 1. The second-order valence-electron chi connectivity index (χ2n) is 5.32. The van der Waals surface area contributed by atoms with E-state index < -0.39 is 5.54 Å². The first-order valence-corrected chi connectivity index (χ1v) is 6.78. The third-order valence-electron chi connectivity index (χ3n) is 4.05. The summed E-state index contributed by atoms with van der Waals surface area (Å²) in [5.74, 6) is 0.411. The molecule has 1 aliphatic carbocycles. The zero-order valence-electron chi connectivity index (χ0n) is 11.4. The molecule has 6 heteroatoms. The predicted molar refractivity (Wildman–Crippen MR) is 71.1 cm³/mol. The molecule has 1 N–H and O–H groups in total. The molecule has 6 nitrogen and oxygen atoms in total. The molecule has 1 aromatic heterocycles. The Morgan fingerprint density at radius 1 is 1.35 bits per heavy atom. The summed E-state index contributed by atoms with van der Waals surface area (Å²) < 4.78 is 4.99. The summed E-state index contributed by atoms with van der Waals surface area (Å²) in [6.07, 6.45) is 5.09. The first-order chi connectivity index (χ1) is 9.64. The minimum atomic E-state index is -0.642. The van der Waals surface area contributed by atoms with E-state index in [0.29, 0.717) is 5.88 Å². The van der Waals surface area contributed by atoms with Gasteiger partial charge in [0, 0.05) is 12.3 Å². The Balaban J connectivity index is 1.76. The van der Waals surface area contributed by atoms with Crippen molar-refractivity contribution in [2.24, 2.45) is 0 Å². The molecule has 0 radical (unpaired) electrons. The first-order valence-electron chi connectivity index (χ1n) is 6.78. The highest BCUT2D eigenvalue weighted by Crippen LogP contribution is 2.35. The monoisotopic (exact) mass is 275 g/mol. The first kappa shape index (κ1) is 12.9. The number of nitrogens with zero attached hydrogens (tertiary/aromatic N) is 2. The SMILES string of the molecule is COc1ccc(CN2C(=O)NC3(CCCC3)C2=O)cn1. The Bertz CT molecular complexity index is 535. The highest BCUT2D eigenvalue weighted by Gasteiger charge is 2.52. The normalized spacial score (nSPS) is 20.6. The van der Waals surface area contributed by atoms with E-state index in [1.807, 2.05) is 6.07 Å². The van der Waals surface area contributed by atoms with E-state index in [0.717, 1.165) is 31.2 Å². The number of hydrogen-bond donors (Lipinski definition) is 1. The summed E-state index contributed by atoms with van der Waals surface area (Å²) in [4.78, 5) is 29.9. The Hall–Kier alpha value is -2.11. The van der Waals surface area contributed by atoms with Gasteiger partial charge < -0.3 is 10.1 Å². The molecular formula is C14H17N3O3. The second kappa shape index (κ2) is 4.77. The van der Waals surface area contributed by atoms with Crippen LogP contribution in [-0.2, 0) is 11.3 Å². The lowest BCUT2D eigenvalue weighted by molar-refractivity contribution is -0.131. The van der Waals surface area contributed by atoms with Gasteiger partial charge in [0.05, 0.1) is 13.7 Å². The molecule has 1 aromatic rings. The lowest BCUT2D eigenvalue weighted by Gasteiger charge is -2.20. The molecule has 0 atom stereocenters. The van der Waals surface area contributed by atoms with Gasteiger partial charge in [-0.2, -0.15) is 0 Å². The molecule has 106 valence electrons. The third-order valence-corrected chi connectivity index (χ3v) is 4.05. The number of rotatable bonds is 3.